The Kier molecular flexibility index (Phi) is 5.32. The average Bonchev–Trinajstić information content (AvgIpc) is 2.71. The second-order valence-corrected chi connectivity index (χ2v) is 10.5. The molecule has 0 atom stereocenters. The van der Waals surface area contributed by atoms with Crippen molar-refractivity contribution in [2.45, 2.75) is 19.3 Å². The molecule has 0 amide bonds. The minimum Gasteiger partial charge on any atom is -0.189 e. The molecule has 3 aromatic rings. The summed E-state index contributed by atoms with van der Waals surface area (Å²) in [5.41, 5.74) is 0. The maximum absolute atomic E-state index is 15.7. The van der Waals surface area contributed by atoms with Crippen molar-refractivity contribution in [2.75, 3.05) is 0 Å². The lowest BCUT2D eigenvalue weighted by Gasteiger charge is -2.44. The van der Waals surface area contributed by atoms with E-state index in [-0.39, 0.29) is 14.7 Å². The summed E-state index contributed by atoms with van der Waals surface area (Å²) < 4.78 is 66.5. The average molecular weight is 412 g/mol. The minimum atomic E-state index is -5.86. The molecule has 0 radical (unpaired) electrons. The van der Waals surface area contributed by atoms with Crippen molar-refractivity contribution in [3.05, 3.63) is 91.0 Å². The normalized spacial score (nSPS) is 13.3. The molecule has 0 saturated heterocycles. The molecule has 0 fully saturated rings. The molecule has 3 nitrogen and oxygen atoms in total. The van der Waals surface area contributed by atoms with Gasteiger partial charge in [0.15, 0.2) is 0 Å². The zero-order valence-corrected chi connectivity index (χ0v) is 15.5. The monoisotopic (exact) mass is 412 g/mol. The van der Waals surface area contributed by atoms with Gasteiger partial charge < -0.3 is 0 Å². The Hall–Kier alpha value is -2.29. The van der Waals surface area contributed by atoms with Gasteiger partial charge in [0.25, 0.3) is 0 Å². The van der Waals surface area contributed by atoms with Crippen LogP contribution in [-0.2, 0) is 14.5 Å². The van der Waals surface area contributed by atoms with Crippen LogP contribution in [0.4, 0.5) is 13.3 Å². The number of benzene rings is 3. The Morgan fingerprint density at radius 2 is 0.926 bits per heavy atom. The predicted octanol–water partition coefficient (Wildman–Crippen LogP) is 5.75. The van der Waals surface area contributed by atoms with Gasteiger partial charge in [-0.05, 0) is 40.9 Å². The topological polar surface area (TPSA) is 43.4 Å². The van der Waals surface area contributed by atoms with E-state index in [1.165, 1.54) is 72.8 Å². The third-order valence-electron chi connectivity index (χ3n) is 4.02. The van der Waals surface area contributed by atoms with E-state index in [4.69, 9.17) is 0 Å². The van der Waals surface area contributed by atoms with E-state index in [1.54, 1.807) is 18.2 Å². The fourth-order valence-corrected chi connectivity index (χ4v) is 8.46. The van der Waals surface area contributed by atoms with Crippen LogP contribution < -0.4 is 0 Å². The van der Waals surface area contributed by atoms with Crippen LogP contribution in [0.5, 0.6) is 0 Å². The summed E-state index contributed by atoms with van der Waals surface area (Å²) in [5, 5.41) is 0. The smallest absolute Gasteiger partial charge is 0.189 e. The first-order chi connectivity index (χ1) is 12.9. The van der Waals surface area contributed by atoms with Crippen LogP contribution in [0.25, 0.3) is 0 Å². The highest BCUT2D eigenvalue weighted by molar-refractivity contribution is 8.39. The first-order valence-electron chi connectivity index (χ1n) is 7.78. The minimum absolute atomic E-state index is 0.0630. The van der Waals surface area contributed by atoms with Crippen LogP contribution in [0.3, 0.4) is 0 Å². The molecule has 0 bridgehead atoms. The molecule has 3 rings (SSSR count). The number of rotatable bonds is 6. The van der Waals surface area contributed by atoms with E-state index in [0.29, 0.717) is 0 Å². The number of hydrogen-bond acceptors (Lipinski definition) is 3. The Labute approximate surface area is 156 Å². The summed E-state index contributed by atoms with van der Waals surface area (Å²) in [4.78, 5) is 0.189. The van der Waals surface area contributed by atoms with Gasteiger partial charge in [0.2, 0.25) is 0 Å². The quantitative estimate of drug-likeness (QED) is 0.518. The van der Waals surface area contributed by atoms with Gasteiger partial charge in [-0.3, -0.25) is 0 Å². The standard InChI is InChI=1S/C19H15F3O3S2/c20-19(21,27(23,24)25-22)26(16-10-4-1-5-11-16,17-12-6-2-7-13-17)18-14-8-3-9-15-18/h1-15H. The molecule has 0 aliphatic carbocycles. The third kappa shape index (κ3) is 3.03. The Morgan fingerprint density at radius 1 is 0.630 bits per heavy atom. The van der Waals surface area contributed by atoms with Gasteiger partial charge >= 0.3 is 14.7 Å². The largest absolute Gasteiger partial charge is 0.416 e. The van der Waals surface area contributed by atoms with E-state index in [1.807, 2.05) is 0 Å². The summed E-state index contributed by atoms with van der Waals surface area (Å²) in [7, 11) is -9.63. The molecular formula is C19H15F3O3S2. The van der Waals surface area contributed by atoms with Crippen LogP contribution in [0.2, 0.25) is 0 Å². The highest BCUT2D eigenvalue weighted by Crippen LogP contribution is 2.78. The summed E-state index contributed by atoms with van der Waals surface area (Å²) in [6, 6.07) is 22.5. The predicted molar refractivity (Wildman–Crippen MR) is 97.8 cm³/mol. The first-order valence-corrected chi connectivity index (χ1v) is 10.8. The van der Waals surface area contributed by atoms with Crippen molar-refractivity contribution < 1.29 is 26.1 Å². The fraction of sp³-hybridized carbons (Fsp3) is 0.0526. The number of alkyl halides is 2. The van der Waals surface area contributed by atoms with Gasteiger partial charge in [-0.25, -0.2) is 0 Å². The van der Waals surface area contributed by atoms with Crippen molar-refractivity contribution in [1.82, 2.24) is 0 Å². The van der Waals surface area contributed by atoms with Crippen LogP contribution in [-0.4, -0.2) is 13.0 Å². The molecule has 3 aromatic carbocycles. The van der Waals surface area contributed by atoms with Crippen LogP contribution >= 0.6 is 10.0 Å². The van der Waals surface area contributed by atoms with Crippen LogP contribution in [0.15, 0.2) is 106 Å². The SMILES string of the molecule is O=S(=O)(OF)C(F)(F)S(c1ccccc1)(c1ccccc1)c1ccccc1. The molecule has 0 aliphatic rings. The van der Waals surface area contributed by atoms with Crippen LogP contribution in [0.1, 0.15) is 0 Å². The first kappa shape index (κ1) is 19.5. The molecule has 0 N–H and O–H groups in total. The molecule has 0 unspecified atom stereocenters. The lowest BCUT2D eigenvalue weighted by atomic mass is 10.4. The van der Waals surface area contributed by atoms with E-state index in [9.17, 15) is 12.9 Å². The summed E-state index contributed by atoms with van der Waals surface area (Å²) in [6.45, 7) is 0. The van der Waals surface area contributed by atoms with E-state index in [2.05, 4.69) is 4.39 Å². The van der Waals surface area contributed by atoms with Gasteiger partial charge in [0.1, 0.15) is 0 Å². The maximum Gasteiger partial charge on any atom is 0.416 e. The Bertz CT molecular complexity index is 899. The lowest BCUT2D eigenvalue weighted by molar-refractivity contribution is -0.0125. The third-order valence-corrected chi connectivity index (χ3v) is 9.78. The zero-order chi connectivity index (χ0) is 19.5. The van der Waals surface area contributed by atoms with Gasteiger partial charge in [-0.1, -0.05) is 69.0 Å². The summed E-state index contributed by atoms with van der Waals surface area (Å²) in [6.07, 6.45) is 0. The molecule has 142 valence electrons. The molecule has 0 saturated carbocycles. The van der Waals surface area contributed by atoms with Crippen molar-refractivity contribution >= 4 is 20.1 Å². The van der Waals surface area contributed by atoms with E-state index in [0.717, 1.165) is 0 Å². The maximum atomic E-state index is 15.7. The van der Waals surface area contributed by atoms with Gasteiger partial charge in [0, 0.05) is 14.7 Å². The molecule has 27 heavy (non-hydrogen) atoms. The second kappa shape index (κ2) is 7.38. The lowest BCUT2D eigenvalue weighted by Crippen LogP contribution is -2.36. The van der Waals surface area contributed by atoms with Crippen molar-refractivity contribution in [2.24, 2.45) is 0 Å². The van der Waals surface area contributed by atoms with Crippen molar-refractivity contribution in [3.63, 3.8) is 0 Å². The van der Waals surface area contributed by atoms with E-state index >= 15 is 8.78 Å². The molecular weight excluding hydrogens is 397 g/mol. The van der Waals surface area contributed by atoms with Crippen molar-refractivity contribution in [1.29, 1.82) is 0 Å². The zero-order valence-electron chi connectivity index (χ0n) is 13.8. The molecule has 0 spiro atoms. The number of hydrogen-bond donors (Lipinski definition) is 0. The van der Waals surface area contributed by atoms with E-state index < -0.39 is 24.7 Å². The second-order valence-electron chi connectivity index (χ2n) is 5.53. The fourth-order valence-electron chi connectivity index (χ4n) is 2.88. The molecule has 8 heteroatoms. The highest BCUT2D eigenvalue weighted by atomic mass is 32.3. The Balaban J connectivity index is 2.52. The molecule has 0 heterocycles. The molecule has 0 aliphatic heterocycles. The molecule has 0 aromatic heterocycles. The number of halogens is 3. The Morgan fingerprint density at radius 3 is 1.19 bits per heavy atom. The summed E-state index contributed by atoms with van der Waals surface area (Å²) >= 11 is 0. The summed E-state index contributed by atoms with van der Waals surface area (Å²) in [5.74, 6) is 0. The van der Waals surface area contributed by atoms with Gasteiger partial charge in [-0.15, -0.1) is 0 Å². The highest BCUT2D eigenvalue weighted by Gasteiger charge is 2.63. The van der Waals surface area contributed by atoms with Crippen molar-refractivity contribution in [3.8, 4) is 0 Å². The van der Waals surface area contributed by atoms with Gasteiger partial charge in [0.05, 0.1) is 0 Å². The van der Waals surface area contributed by atoms with Crippen LogP contribution in [0, 0.1) is 0 Å². The van der Waals surface area contributed by atoms with Gasteiger partial charge in [-0.2, -0.15) is 17.2 Å².